The Bertz CT molecular complexity index is 719. The van der Waals surface area contributed by atoms with Crippen molar-refractivity contribution in [3.05, 3.63) is 59.2 Å². The average Bonchev–Trinajstić information content (AvgIpc) is 2.80. The number of fused-ring (bicyclic) bond motifs is 1. The van der Waals surface area contributed by atoms with Gasteiger partial charge in [0.2, 0.25) is 0 Å². The number of methoxy groups -OCH3 is 2. The SMILES string of the molecule is COc1ccc(CN2C(=O)c3ccccc3C2=O)c(OC)c1. The molecule has 0 atom stereocenters. The first kappa shape index (κ1) is 14.1. The van der Waals surface area contributed by atoms with Crippen LogP contribution in [0.4, 0.5) is 0 Å². The summed E-state index contributed by atoms with van der Waals surface area (Å²) in [7, 11) is 3.11. The smallest absolute Gasteiger partial charge is 0.261 e. The first-order valence-corrected chi connectivity index (χ1v) is 6.82. The Morgan fingerprint density at radius 1 is 0.909 bits per heavy atom. The number of carbonyl (C=O) groups is 2. The minimum absolute atomic E-state index is 0.166. The molecule has 0 spiro atoms. The summed E-state index contributed by atoms with van der Waals surface area (Å²) in [5.74, 6) is 0.677. The number of hydrogen-bond donors (Lipinski definition) is 0. The maximum Gasteiger partial charge on any atom is 0.261 e. The number of imide groups is 1. The third-order valence-electron chi connectivity index (χ3n) is 3.70. The maximum absolute atomic E-state index is 12.4. The Kier molecular flexibility index (Phi) is 3.55. The Labute approximate surface area is 128 Å². The summed E-state index contributed by atoms with van der Waals surface area (Å²) in [6, 6.07) is 12.1. The van der Waals surface area contributed by atoms with Gasteiger partial charge in [0.15, 0.2) is 0 Å². The number of nitrogens with zero attached hydrogens (tertiary/aromatic N) is 1. The van der Waals surface area contributed by atoms with Gasteiger partial charge in [0.1, 0.15) is 11.5 Å². The Hall–Kier alpha value is -2.82. The van der Waals surface area contributed by atoms with E-state index >= 15 is 0 Å². The second-order valence-electron chi connectivity index (χ2n) is 4.92. The second-order valence-corrected chi connectivity index (χ2v) is 4.92. The molecule has 1 heterocycles. The molecule has 2 aromatic carbocycles. The molecular formula is C17H15NO4. The predicted octanol–water partition coefficient (Wildman–Crippen LogP) is 2.50. The molecule has 0 N–H and O–H groups in total. The van der Waals surface area contributed by atoms with Crippen LogP contribution in [-0.4, -0.2) is 30.9 Å². The van der Waals surface area contributed by atoms with Gasteiger partial charge in [-0.2, -0.15) is 0 Å². The molecule has 3 rings (SSSR count). The van der Waals surface area contributed by atoms with Gasteiger partial charge in [-0.05, 0) is 24.3 Å². The van der Waals surface area contributed by atoms with Gasteiger partial charge in [0.25, 0.3) is 11.8 Å². The van der Waals surface area contributed by atoms with Crippen LogP contribution in [0.15, 0.2) is 42.5 Å². The monoisotopic (exact) mass is 297 g/mol. The topological polar surface area (TPSA) is 55.8 Å². The summed E-state index contributed by atoms with van der Waals surface area (Å²) in [5.41, 5.74) is 1.64. The molecule has 5 heteroatoms. The summed E-state index contributed by atoms with van der Waals surface area (Å²) in [4.78, 5) is 26.0. The third kappa shape index (κ3) is 2.20. The van der Waals surface area contributed by atoms with Crippen LogP contribution in [-0.2, 0) is 6.54 Å². The van der Waals surface area contributed by atoms with Gasteiger partial charge in [0, 0.05) is 11.6 Å². The standard InChI is InChI=1S/C17H15NO4/c1-21-12-8-7-11(15(9-12)22-2)10-18-16(19)13-5-3-4-6-14(13)17(18)20/h3-9H,10H2,1-2H3. The van der Waals surface area contributed by atoms with E-state index in [4.69, 9.17) is 9.47 Å². The van der Waals surface area contributed by atoms with Gasteiger partial charge in [-0.25, -0.2) is 0 Å². The number of ether oxygens (including phenoxy) is 2. The normalized spacial score (nSPS) is 13.3. The highest BCUT2D eigenvalue weighted by Gasteiger charge is 2.35. The van der Waals surface area contributed by atoms with Crippen molar-refractivity contribution in [3.63, 3.8) is 0 Å². The van der Waals surface area contributed by atoms with Gasteiger partial charge in [0.05, 0.1) is 31.9 Å². The van der Waals surface area contributed by atoms with Crippen LogP contribution in [0.1, 0.15) is 26.3 Å². The van der Waals surface area contributed by atoms with Crippen LogP contribution in [0, 0.1) is 0 Å². The van der Waals surface area contributed by atoms with Crippen molar-refractivity contribution in [2.45, 2.75) is 6.54 Å². The largest absolute Gasteiger partial charge is 0.497 e. The maximum atomic E-state index is 12.4. The van der Waals surface area contributed by atoms with Crippen LogP contribution in [0.2, 0.25) is 0 Å². The molecule has 1 aliphatic heterocycles. The van der Waals surface area contributed by atoms with E-state index in [1.807, 2.05) is 0 Å². The Morgan fingerprint density at radius 2 is 1.55 bits per heavy atom. The first-order valence-electron chi connectivity index (χ1n) is 6.82. The third-order valence-corrected chi connectivity index (χ3v) is 3.70. The van der Waals surface area contributed by atoms with E-state index in [1.54, 1.807) is 56.7 Å². The summed E-state index contributed by atoms with van der Waals surface area (Å²) >= 11 is 0. The lowest BCUT2D eigenvalue weighted by atomic mass is 10.1. The summed E-state index contributed by atoms with van der Waals surface area (Å²) in [6.45, 7) is 0.166. The molecule has 0 fully saturated rings. The van der Waals surface area contributed by atoms with Crippen molar-refractivity contribution in [1.29, 1.82) is 0 Å². The van der Waals surface area contributed by atoms with E-state index in [1.165, 1.54) is 4.90 Å². The molecule has 0 unspecified atom stereocenters. The van der Waals surface area contributed by atoms with Crippen LogP contribution in [0.5, 0.6) is 11.5 Å². The zero-order valence-corrected chi connectivity index (χ0v) is 12.3. The van der Waals surface area contributed by atoms with E-state index in [2.05, 4.69) is 0 Å². The zero-order chi connectivity index (χ0) is 15.7. The van der Waals surface area contributed by atoms with E-state index in [-0.39, 0.29) is 18.4 Å². The predicted molar refractivity (Wildman–Crippen MR) is 80.2 cm³/mol. The van der Waals surface area contributed by atoms with Gasteiger partial charge in [-0.3, -0.25) is 14.5 Å². The Morgan fingerprint density at radius 3 is 2.09 bits per heavy atom. The van der Waals surface area contributed by atoms with Crippen molar-refractivity contribution in [2.24, 2.45) is 0 Å². The number of benzene rings is 2. The van der Waals surface area contributed by atoms with Crippen molar-refractivity contribution in [3.8, 4) is 11.5 Å². The Balaban J connectivity index is 1.92. The molecule has 0 saturated carbocycles. The molecule has 0 radical (unpaired) electrons. The fourth-order valence-electron chi connectivity index (χ4n) is 2.54. The van der Waals surface area contributed by atoms with Crippen LogP contribution >= 0.6 is 0 Å². The second kappa shape index (κ2) is 5.52. The minimum Gasteiger partial charge on any atom is -0.497 e. The average molecular weight is 297 g/mol. The molecule has 1 aliphatic rings. The molecule has 2 amide bonds. The van der Waals surface area contributed by atoms with Gasteiger partial charge in [-0.1, -0.05) is 12.1 Å². The molecule has 22 heavy (non-hydrogen) atoms. The van der Waals surface area contributed by atoms with Crippen molar-refractivity contribution in [2.75, 3.05) is 14.2 Å². The molecule has 0 bridgehead atoms. The van der Waals surface area contributed by atoms with Gasteiger partial charge in [-0.15, -0.1) is 0 Å². The van der Waals surface area contributed by atoms with E-state index in [9.17, 15) is 9.59 Å². The number of carbonyl (C=O) groups excluding carboxylic acids is 2. The molecule has 2 aromatic rings. The lowest BCUT2D eigenvalue weighted by Gasteiger charge is -2.16. The fourth-order valence-corrected chi connectivity index (χ4v) is 2.54. The van der Waals surface area contributed by atoms with Crippen molar-refractivity contribution < 1.29 is 19.1 Å². The summed E-state index contributed by atoms with van der Waals surface area (Å²) in [5, 5.41) is 0. The van der Waals surface area contributed by atoms with E-state index < -0.39 is 0 Å². The lowest BCUT2D eigenvalue weighted by Crippen LogP contribution is -2.29. The van der Waals surface area contributed by atoms with Crippen LogP contribution in [0.3, 0.4) is 0 Å². The lowest BCUT2D eigenvalue weighted by molar-refractivity contribution is 0.0641. The number of rotatable bonds is 4. The number of hydrogen-bond acceptors (Lipinski definition) is 4. The highest BCUT2D eigenvalue weighted by Crippen LogP contribution is 2.29. The first-order chi connectivity index (χ1) is 10.7. The summed E-state index contributed by atoms with van der Waals surface area (Å²) in [6.07, 6.45) is 0. The fraction of sp³-hybridized carbons (Fsp3) is 0.176. The van der Waals surface area contributed by atoms with E-state index in [0.717, 1.165) is 5.56 Å². The molecule has 5 nitrogen and oxygen atoms in total. The highest BCUT2D eigenvalue weighted by atomic mass is 16.5. The van der Waals surface area contributed by atoms with Crippen LogP contribution in [0.25, 0.3) is 0 Å². The van der Waals surface area contributed by atoms with Crippen LogP contribution < -0.4 is 9.47 Å². The molecule has 112 valence electrons. The van der Waals surface area contributed by atoms with Gasteiger partial charge < -0.3 is 9.47 Å². The van der Waals surface area contributed by atoms with Crippen molar-refractivity contribution >= 4 is 11.8 Å². The minimum atomic E-state index is -0.279. The number of amides is 2. The van der Waals surface area contributed by atoms with Gasteiger partial charge >= 0.3 is 0 Å². The zero-order valence-electron chi connectivity index (χ0n) is 12.3. The quantitative estimate of drug-likeness (QED) is 0.814. The molecule has 0 saturated heterocycles. The molecule has 0 aromatic heterocycles. The molecule has 0 aliphatic carbocycles. The highest BCUT2D eigenvalue weighted by molar-refractivity contribution is 6.21. The van der Waals surface area contributed by atoms with E-state index in [0.29, 0.717) is 22.6 Å². The summed E-state index contributed by atoms with van der Waals surface area (Å²) < 4.78 is 10.5. The molecular weight excluding hydrogens is 282 g/mol. The van der Waals surface area contributed by atoms with Crippen molar-refractivity contribution in [1.82, 2.24) is 4.90 Å².